The number of rotatable bonds is 8. The van der Waals surface area contributed by atoms with Gasteiger partial charge in [-0.25, -0.2) is 9.37 Å². The van der Waals surface area contributed by atoms with E-state index in [1.54, 1.807) is 0 Å². The number of halogens is 1. The van der Waals surface area contributed by atoms with Gasteiger partial charge in [0.2, 0.25) is 5.95 Å². The minimum absolute atomic E-state index is 0.235. The highest BCUT2D eigenvalue weighted by molar-refractivity contribution is 5.92. The third-order valence-corrected chi connectivity index (χ3v) is 6.36. The zero-order valence-electron chi connectivity index (χ0n) is 19.9. The molecule has 4 N–H and O–H groups in total. The van der Waals surface area contributed by atoms with Gasteiger partial charge in [0.1, 0.15) is 11.6 Å². The number of aromatic nitrogens is 5. The van der Waals surface area contributed by atoms with Crippen molar-refractivity contribution < 1.29 is 8.91 Å². The van der Waals surface area contributed by atoms with Crippen LogP contribution in [-0.4, -0.2) is 75.1 Å². The summed E-state index contributed by atoms with van der Waals surface area (Å²) in [5.41, 5.74) is 9.02. The number of nitrogens with two attached hydrogens (primary N) is 1. The standard InChI is InChI=1S/C23H29FN10O/c1-3-4-20-28-22-16(13-25)21(29-23(26)34(22)30-20)27-5-6-32-7-9-33(10-8-32)18-11-15-14(2)31-35-19(15)12-17(18)24/h11-13,25,27H,3-10H2,1-2H3,(H2,26,29). The smallest absolute Gasteiger partial charge is 0.225 e. The van der Waals surface area contributed by atoms with E-state index in [1.165, 1.54) is 16.8 Å². The lowest BCUT2D eigenvalue weighted by atomic mass is 10.1. The number of piperazine rings is 1. The van der Waals surface area contributed by atoms with Gasteiger partial charge >= 0.3 is 0 Å². The van der Waals surface area contributed by atoms with Gasteiger partial charge in [-0.05, 0) is 19.4 Å². The third-order valence-electron chi connectivity index (χ3n) is 6.36. The maximum atomic E-state index is 14.7. The van der Waals surface area contributed by atoms with Gasteiger partial charge in [0.15, 0.2) is 17.1 Å². The maximum Gasteiger partial charge on any atom is 0.225 e. The molecule has 4 aromatic rings. The molecule has 0 unspecified atom stereocenters. The molecule has 0 saturated carbocycles. The van der Waals surface area contributed by atoms with E-state index in [-0.39, 0.29) is 11.8 Å². The quantitative estimate of drug-likeness (QED) is 0.325. The van der Waals surface area contributed by atoms with Crippen LogP contribution in [0.5, 0.6) is 0 Å². The van der Waals surface area contributed by atoms with E-state index in [1.807, 2.05) is 13.0 Å². The molecule has 0 atom stereocenters. The molecule has 0 spiro atoms. The minimum atomic E-state index is -0.294. The first-order chi connectivity index (χ1) is 17.0. The van der Waals surface area contributed by atoms with Gasteiger partial charge in [0.05, 0.1) is 16.9 Å². The van der Waals surface area contributed by atoms with Crippen molar-refractivity contribution in [3.8, 4) is 0 Å². The molecule has 1 fully saturated rings. The van der Waals surface area contributed by atoms with E-state index < -0.39 is 0 Å². The molecular weight excluding hydrogens is 451 g/mol. The van der Waals surface area contributed by atoms with Crippen molar-refractivity contribution in [3.63, 3.8) is 0 Å². The molecule has 0 bridgehead atoms. The van der Waals surface area contributed by atoms with Crippen LogP contribution in [0.25, 0.3) is 16.6 Å². The summed E-state index contributed by atoms with van der Waals surface area (Å²) >= 11 is 0. The monoisotopic (exact) mass is 480 g/mol. The highest BCUT2D eigenvalue weighted by atomic mass is 19.1. The van der Waals surface area contributed by atoms with E-state index in [4.69, 9.17) is 15.7 Å². The van der Waals surface area contributed by atoms with Gasteiger partial charge in [-0.3, -0.25) is 4.90 Å². The Morgan fingerprint density at radius 2 is 2.03 bits per heavy atom. The van der Waals surface area contributed by atoms with Crippen LogP contribution < -0.4 is 16.0 Å². The molecule has 0 radical (unpaired) electrons. The number of fused-ring (bicyclic) bond motifs is 2. The number of nitrogens with zero attached hydrogens (tertiary/aromatic N) is 7. The average molecular weight is 481 g/mol. The third kappa shape index (κ3) is 4.36. The van der Waals surface area contributed by atoms with Gasteiger partial charge in [-0.1, -0.05) is 12.1 Å². The van der Waals surface area contributed by atoms with E-state index in [2.05, 4.69) is 42.3 Å². The van der Waals surface area contributed by atoms with Crippen molar-refractivity contribution in [1.82, 2.24) is 29.6 Å². The molecule has 3 aromatic heterocycles. The van der Waals surface area contributed by atoms with Crippen LogP contribution in [0.1, 0.15) is 30.4 Å². The summed E-state index contributed by atoms with van der Waals surface area (Å²) in [6.07, 6.45) is 2.89. The first kappa shape index (κ1) is 23.0. The van der Waals surface area contributed by atoms with Crippen molar-refractivity contribution in [2.24, 2.45) is 0 Å². The molecule has 12 heteroatoms. The normalized spacial score (nSPS) is 14.8. The Morgan fingerprint density at radius 3 is 2.77 bits per heavy atom. The molecule has 184 valence electrons. The number of hydrogen-bond donors (Lipinski definition) is 3. The van der Waals surface area contributed by atoms with Gasteiger partial charge in [-0.2, -0.15) is 9.50 Å². The molecule has 0 amide bonds. The average Bonchev–Trinajstić information content (AvgIpc) is 3.43. The van der Waals surface area contributed by atoms with E-state index in [9.17, 15) is 4.39 Å². The summed E-state index contributed by atoms with van der Waals surface area (Å²) in [7, 11) is 0. The van der Waals surface area contributed by atoms with Crippen LogP contribution in [-0.2, 0) is 6.42 Å². The lowest BCUT2D eigenvalue weighted by Crippen LogP contribution is -2.48. The van der Waals surface area contributed by atoms with Crippen molar-refractivity contribution in [1.29, 1.82) is 5.41 Å². The van der Waals surface area contributed by atoms with Crippen LogP contribution in [0.15, 0.2) is 16.7 Å². The minimum Gasteiger partial charge on any atom is -0.368 e. The largest absolute Gasteiger partial charge is 0.368 e. The molecule has 5 rings (SSSR count). The molecule has 1 saturated heterocycles. The summed E-state index contributed by atoms with van der Waals surface area (Å²) in [5, 5.41) is 20.3. The van der Waals surface area contributed by atoms with E-state index >= 15 is 0 Å². The first-order valence-electron chi connectivity index (χ1n) is 11.8. The molecular formula is C23H29FN10O. The zero-order chi connectivity index (χ0) is 24.5. The Morgan fingerprint density at radius 1 is 1.23 bits per heavy atom. The van der Waals surface area contributed by atoms with Crippen molar-refractivity contribution in [2.45, 2.75) is 26.7 Å². The lowest BCUT2D eigenvalue weighted by Gasteiger charge is -2.36. The van der Waals surface area contributed by atoms with Gasteiger partial charge in [0, 0.05) is 63.4 Å². The lowest BCUT2D eigenvalue weighted by molar-refractivity contribution is 0.266. The fourth-order valence-electron chi connectivity index (χ4n) is 4.47. The van der Waals surface area contributed by atoms with Crippen LogP contribution in [0, 0.1) is 18.2 Å². The fourth-order valence-corrected chi connectivity index (χ4v) is 4.47. The number of aryl methyl sites for hydroxylation is 2. The van der Waals surface area contributed by atoms with Crippen molar-refractivity contribution in [3.05, 3.63) is 35.0 Å². The first-order valence-corrected chi connectivity index (χ1v) is 11.8. The Bertz CT molecular complexity index is 1370. The van der Waals surface area contributed by atoms with Crippen molar-refractivity contribution >= 4 is 40.3 Å². The second kappa shape index (κ2) is 9.45. The number of nitrogens with one attached hydrogen (secondary N) is 2. The molecule has 0 aliphatic carbocycles. The molecule has 11 nitrogen and oxygen atoms in total. The summed E-state index contributed by atoms with van der Waals surface area (Å²) in [6.45, 7) is 8.36. The van der Waals surface area contributed by atoms with Gasteiger partial charge in [0.25, 0.3) is 0 Å². The van der Waals surface area contributed by atoms with E-state index in [0.29, 0.717) is 40.7 Å². The Labute approximate surface area is 201 Å². The summed E-state index contributed by atoms with van der Waals surface area (Å²) < 4.78 is 21.3. The fraction of sp³-hybridized carbons (Fsp3) is 0.435. The zero-order valence-corrected chi connectivity index (χ0v) is 19.9. The summed E-state index contributed by atoms with van der Waals surface area (Å²) in [6, 6.07) is 3.24. The Kier molecular flexibility index (Phi) is 6.20. The molecule has 1 aromatic carbocycles. The van der Waals surface area contributed by atoms with Gasteiger partial charge in [-0.15, -0.1) is 5.10 Å². The van der Waals surface area contributed by atoms with Crippen LogP contribution >= 0.6 is 0 Å². The second-order valence-electron chi connectivity index (χ2n) is 8.71. The maximum absolute atomic E-state index is 14.7. The SMILES string of the molecule is CCCc1nc2c(C=N)c(NCCN3CCN(c4cc5c(C)noc5cc4F)CC3)nc(N)n2n1. The topological polar surface area (TPSA) is 137 Å². The summed E-state index contributed by atoms with van der Waals surface area (Å²) in [4.78, 5) is 13.3. The van der Waals surface area contributed by atoms with E-state index in [0.717, 1.165) is 56.6 Å². The number of benzene rings is 1. The molecule has 1 aliphatic heterocycles. The number of anilines is 3. The molecule has 4 heterocycles. The Hall–Kier alpha value is -3.80. The predicted molar refractivity (Wildman–Crippen MR) is 133 cm³/mol. The second-order valence-corrected chi connectivity index (χ2v) is 8.71. The predicted octanol–water partition coefficient (Wildman–Crippen LogP) is 2.48. The molecule has 35 heavy (non-hydrogen) atoms. The van der Waals surface area contributed by atoms with Crippen LogP contribution in [0.2, 0.25) is 0 Å². The molecule has 1 aliphatic rings. The highest BCUT2D eigenvalue weighted by Gasteiger charge is 2.22. The van der Waals surface area contributed by atoms with Crippen molar-refractivity contribution in [2.75, 3.05) is 55.2 Å². The van der Waals surface area contributed by atoms with Crippen LogP contribution in [0.3, 0.4) is 0 Å². The summed E-state index contributed by atoms with van der Waals surface area (Å²) in [5.74, 6) is 1.16. The number of hydrogen-bond acceptors (Lipinski definition) is 10. The van der Waals surface area contributed by atoms with Crippen LogP contribution in [0.4, 0.5) is 21.8 Å². The Balaban J connectivity index is 1.21. The number of nitrogen functional groups attached to an aromatic ring is 1. The highest BCUT2D eigenvalue weighted by Crippen LogP contribution is 2.28. The van der Waals surface area contributed by atoms with Gasteiger partial charge < -0.3 is 25.9 Å².